The van der Waals surface area contributed by atoms with E-state index in [1.807, 2.05) is 66.9 Å². The molecule has 12 nitrogen and oxygen atoms in total. The van der Waals surface area contributed by atoms with Gasteiger partial charge in [-0.1, -0.05) is 63.0 Å². The number of hydrogen-bond donors (Lipinski definition) is 5. The third kappa shape index (κ3) is 9.52. The van der Waals surface area contributed by atoms with Crippen molar-refractivity contribution < 1.29 is 28.1 Å². The Morgan fingerprint density at radius 2 is 1.83 bits per heavy atom. The van der Waals surface area contributed by atoms with Crippen LogP contribution in [0.2, 0.25) is 0 Å². The van der Waals surface area contributed by atoms with Gasteiger partial charge in [0.25, 0.3) is 11.8 Å². The molecule has 3 aliphatic rings. The standard InChI is InChI=1S/C39H50N6O6S3/c1-7-13-27(36(46)42-40)18-19-39(4)30-25-29(54-50)16-17-32(30)45(21-12-23-53-49)34(39)15-10-8-9-14-33-38(2,3)31-24-28(37(47)43(5)51-6)26-44(35(31)41-33)20-11-22-52-48/h7-10,13-19,24-26,35,48-50H,1,11-12,20-23,40H2,2-6H3,(H,42,46)/b10-8+,14-9+,19-18-,27-13+,34-15+. The Morgan fingerprint density at radius 3 is 2.48 bits per heavy atom. The molecule has 0 aliphatic carbocycles. The van der Waals surface area contributed by atoms with E-state index < -0.39 is 16.7 Å². The Labute approximate surface area is 331 Å². The molecule has 2 unspecified atom stereocenters. The molecule has 2 amide bonds. The third-order valence-electron chi connectivity index (χ3n) is 9.67. The van der Waals surface area contributed by atoms with Crippen molar-refractivity contribution in [1.82, 2.24) is 15.4 Å². The van der Waals surface area contributed by atoms with E-state index >= 15 is 0 Å². The highest BCUT2D eigenvalue weighted by atomic mass is 32.2. The number of nitrogens with two attached hydrogens (primary N) is 1. The number of amides is 2. The van der Waals surface area contributed by atoms with Crippen molar-refractivity contribution in [2.24, 2.45) is 16.3 Å². The normalized spacial score (nSPS) is 21.5. The summed E-state index contributed by atoms with van der Waals surface area (Å²) in [6.07, 6.45) is 21.5. The van der Waals surface area contributed by atoms with Crippen molar-refractivity contribution in [3.8, 4) is 0 Å². The summed E-state index contributed by atoms with van der Waals surface area (Å²) in [6.45, 7) is 11.2. The van der Waals surface area contributed by atoms with Gasteiger partial charge in [-0.25, -0.2) is 10.9 Å². The van der Waals surface area contributed by atoms with Crippen LogP contribution in [0.15, 0.2) is 124 Å². The van der Waals surface area contributed by atoms with Crippen molar-refractivity contribution in [2.75, 3.05) is 43.7 Å². The van der Waals surface area contributed by atoms with Gasteiger partial charge in [0.2, 0.25) is 0 Å². The minimum atomic E-state index is -0.729. The number of nitrogens with zero attached hydrogens (tertiary/aromatic N) is 4. The topological polar surface area (TPSA) is 164 Å². The first-order valence-corrected chi connectivity index (χ1v) is 20.0. The number of allylic oxidation sites excluding steroid dienone is 8. The maximum atomic E-state index is 13.1. The number of hydrogen-bond acceptors (Lipinski definition) is 13. The number of rotatable bonds is 18. The molecule has 0 bridgehead atoms. The molecule has 6 N–H and O–H groups in total. The third-order valence-corrected chi connectivity index (χ3v) is 11.1. The fourth-order valence-corrected chi connectivity index (χ4v) is 7.51. The quantitative estimate of drug-likeness (QED) is 0.0195. The molecule has 2 atom stereocenters. The number of fused-ring (bicyclic) bond motifs is 2. The van der Waals surface area contributed by atoms with Crippen LogP contribution in [-0.2, 0) is 19.8 Å². The van der Waals surface area contributed by atoms with Crippen LogP contribution in [0.1, 0.15) is 39.2 Å². The van der Waals surface area contributed by atoms with E-state index in [4.69, 9.17) is 15.7 Å². The van der Waals surface area contributed by atoms with Crippen LogP contribution < -0.4 is 16.2 Å². The zero-order valence-electron chi connectivity index (χ0n) is 31.3. The highest BCUT2D eigenvalue weighted by Gasteiger charge is 2.44. The van der Waals surface area contributed by atoms with Crippen LogP contribution in [0.5, 0.6) is 0 Å². The minimum Gasteiger partial charge on any atom is -0.352 e. The summed E-state index contributed by atoms with van der Waals surface area (Å²) < 4.78 is 28.7. The summed E-state index contributed by atoms with van der Waals surface area (Å²) in [5.41, 5.74) is 6.50. The van der Waals surface area contributed by atoms with E-state index in [9.17, 15) is 23.2 Å². The van der Waals surface area contributed by atoms with E-state index in [0.29, 0.717) is 65.5 Å². The molecule has 1 aromatic rings. The zero-order chi connectivity index (χ0) is 39.5. The first-order valence-electron chi connectivity index (χ1n) is 17.4. The van der Waals surface area contributed by atoms with Crippen LogP contribution in [0.25, 0.3) is 0 Å². The molecule has 0 saturated heterocycles. The summed E-state index contributed by atoms with van der Waals surface area (Å²) in [6, 6.07) is 5.79. The lowest BCUT2D eigenvalue weighted by Crippen LogP contribution is -2.38. The highest BCUT2D eigenvalue weighted by molar-refractivity contribution is 7.94. The molecule has 3 heterocycles. The summed E-state index contributed by atoms with van der Waals surface area (Å²) in [7, 11) is 3.03. The van der Waals surface area contributed by atoms with Crippen LogP contribution >= 0.6 is 36.1 Å². The lowest BCUT2D eigenvalue weighted by molar-refractivity contribution is -0.163. The number of carbonyl (C=O) groups is 2. The van der Waals surface area contributed by atoms with Gasteiger partial charge in [-0.2, -0.15) is 0 Å². The second-order valence-electron chi connectivity index (χ2n) is 13.4. The monoisotopic (exact) mass is 794 g/mol. The van der Waals surface area contributed by atoms with Gasteiger partial charge in [-0.05, 0) is 91.4 Å². The van der Waals surface area contributed by atoms with E-state index in [2.05, 4.69) is 42.6 Å². The van der Waals surface area contributed by atoms with Crippen molar-refractivity contribution in [3.63, 3.8) is 0 Å². The smallest absolute Gasteiger partial charge is 0.278 e. The molecule has 3 aliphatic heterocycles. The van der Waals surface area contributed by atoms with Gasteiger partial charge in [0.1, 0.15) is 6.17 Å². The van der Waals surface area contributed by atoms with Crippen LogP contribution in [0.4, 0.5) is 5.69 Å². The van der Waals surface area contributed by atoms with Crippen molar-refractivity contribution >= 4 is 59.3 Å². The molecule has 0 radical (unpaired) electrons. The number of nitrogens with one attached hydrogen (secondary N) is 1. The van der Waals surface area contributed by atoms with Gasteiger partial charge in [0.05, 0.1) is 18.1 Å². The second-order valence-corrected chi connectivity index (χ2v) is 15.4. The molecule has 0 saturated carbocycles. The number of hydrazine groups is 1. The molecule has 0 aromatic heterocycles. The molecular formula is C39H50N6O6S3. The number of hydroxylamine groups is 2. The summed E-state index contributed by atoms with van der Waals surface area (Å²) in [4.78, 5) is 40.9. The summed E-state index contributed by atoms with van der Waals surface area (Å²) in [5.74, 6) is 5.86. The number of aliphatic imine (C=N–C) groups is 1. The summed E-state index contributed by atoms with van der Waals surface area (Å²) >= 11 is 2.27. The molecule has 15 heteroatoms. The van der Waals surface area contributed by atoms with Crippen molar-refractivity contribution in [3.05, 3.63) is 120 Å². The van der Waals surface area contributed by atoms with Gasteiger partial charge in [0, 0.05) is 82.9 Å². The number of anilines is 1. The predicted octanol–water partition coefficient (Wildman–Crippen LogP) is 7.13. The Hall–Kier alpha value is -3.80. The van der Waals surface area contributed by atoms with Crippen molar-refractivity contribution in [2.45, 2.75) is 50.1 Å². The fourth-order valence-electron chi connectivity index (χ4n) is 6.70. The van der Waals surface area contributed by atoms with Crippen LogP contribution in [-0.4, -0.2) is 86.1 Å². The molecule has 290 valence electrons. The first-order chi connectivity index (χ1) is 25.9. The molecule has 4 rings (SSSR count). The number of carbonyl (C=O) groups excluding carboxylic acids is 2. The maximum absolute atomic E-state index is 13.1. The Morgan fingerprint density at radius 1 is 1.11 bits per heavy atom. The van der Waals surface area contributed by atoms with E-state index in [1.54, 1.807) is 19.2 Å². The SMILES string of the molecule is C=C/C=C(\C=C/C1(C)\C(=C/C=C/C=C/C2=NC3C(=CC(C(=O)N(C)OC)=CN3CCCSO)C2(C)C)N(CCCSO)c2ccc(SO)cc21)C(=O)NN. The van der Waals surface area contributed by atoms with E-state index in [1.165, 1.54) is 18.2 Å². The zero-order valence-corrected chi connectivity index (χ0v) is 33.7. The van der Waals surface area contributed by atoms with Gasteiger partial charge in [0.15, 0.2) is 0 Å². The van der Waals surface area contributed by atoms with Crippen LogP contribution in [0, 0.1) is 5.41 Å². The average Bonchev–Trinajstić information content (AvgIpc) is 3.57. The lowest BCUT2D eigenvalue weighted by Gasteiger charge is -2.34. The summed E-state index contributed by atoms with van der Waals surface area (Å²) in [5, 5.41) is 1.20. The molecular weight excluding hydrogens is 745 g/mol. The number of likely N-dealkylation sites (N-methyl/N-ethyl adjacent to an activating group) is 1. The maximum Gasteiger partial charge on any atom is 0.278 e. The van der Waals surface area contributed by atoms with Crippen molar-refractivity contribution in [1.29, 1.82) is 0 Å². The Kier molecular flexibility index (Phi) is 15.7. The second kappa shape index (κ2) is 19.7. The van der Waals surface area contributed by atoms with Gasteiger partial charge < -0.3 is 23.5 Å². The van der Waals surface area contributed by atoms with Gasteiger partial charge in [-0.15, -0.1) is 0 Å². The Balaban J connectivity index is 1.71. The van der Waals surface area contributed by atoms with Gasteiger partial charge >= 0.3 is 0 Å². The Bertz CT molecular complexity index is 1820. The largest absolute Gasteiger partial charge is 0.352 e. The molecule has 0 fully saturated rings. The molecule has 1 aromatic carbocycles. The molecule has 0 spiro atoms. The first kappa shape index (κ1) is 42.9. The fraction of sp³-hybridized carbons (Fsp3) is 0.359. The molecule has 54 heavy (non-hydrogen) atoms. The van der Waals surface area contributed by atoms with Crippen LogP contribution in [0.3, 0.4) is 0 Å². The van der Waals surface area contributed by atoms with E-state index in [-0.39, 0.29) is 12.1 Å². The lowest BCUT2D eigenvalue weighted by atomic mass is 9.78. The van der Waals surface area contributed by atoms with Gasteiger partial charge in [-0.3, -0.25) is 24.8 Å². The number of benzene rings is 1. The minimum absolute atomic E-state index is 0.261. The highest BCUT2D eigenvalue weighted by Crippen LogP contribution is 2.50. The van der Waals surface area contributed by atoms with E-state index in [0.717, 1.165) is 52.3 Å². The predicted molar refractivity (Wildman–Crippen MR) is 223 cm³/mol. The average molecular weight is 795 g/mol.